The predicted octanol–water partition coefficient (Wildman–Crippen LogP) is 2.32. The molecule has 1 heterocycles. The molecule has 2 N–H and O–H groups in total. The van der Waals surface area contributed by atoms with Crippen molar-refractivity contribution in [3.05, 3.63) is 33.8 Å². The molecule has 7 heteroatoms. The first kappa shape index (κ1) is 14.8. The number of methoxy groups -OCH3 is 1. The van der Waals surface area contributed by atoms with E-state index in [-0.39, 0.29) is 16.3 Å². The number of nitrogen functional groups attached to an aromatic ring is 1. The molecule has 0 aliphatic heterocycles. The molecule has 0 unspecified atom stereocenters. The van der Waals surface area contributed by atoms with Crippen molar-refractivity contribution < 1.29 is 13.2 Å². The van der Waals surface area contributed by atoms with E-state index in [4.69, 9.17) is 10.5 Å². The van der Waals surface area contributed by atoms with Crippen LogP contribution < -0.4 is 10.5 Å². The highest BCUT2D eigenvalue weighted by molar-refractivity contribution is 7.91. The Morgan fingerprint density at radius 1 is 1.35 bits per heavy atom. The highest BCUT2D eigenvalue weighted by Crippen LogP contribution is 2.28. The molecule has 0 bridgehead atoms. The number of thiazole rings is 1. The van der Waals surface area contributed by atoms with Gasteiger partial charge in [-0.05, 0) is 26.0 Å². The van der Waals surface area contributed by atoms with Crippen LogP contribution in [0.3, 0.4) is 0 Å². The molecule has 1 aromatic carbocycles. The van der Waals surface area contributed by atoms with Crippen LogP contribution in [0.15, 0.2) is 23.1 Å². The summed E-state index contributed by atoms with van der Waals surface area (Å²) in [6.45, 7) is 3.78. The lowest BCUT2D eigenvalue weighted by atomic mass is 10.3. The first-order chi connectivity index (χ1) is 9.33. The summed E-state index contributed by atoms with van der Waals surface area (Å²) in [5, 5.41) is 0.571. The summed E-state index contributed by atoms with van der Waals surface area (Å²) in [6, 6.07) is 4.61. The second-order valence-electron chi connectivity index (χ2n) is 4.41. The van der Waals surface area contributed by atoms with Gasteiger partial charge in [-0.15, -0.1) is 11.3 Å². The number of nitrogens with two attached hydrogens (primary N) is 1. The second-order valence-corrected chi connectivity index (χ2v) is 7.66. The molecule has 2 aromatic rings. The minimum Gasteiger partial charge on any atom is -0.497 e. The number of benzene rings is 1. The SMILES string of the molecule is COc1ccc(N)c(S(=O)(=O)Cc2nc(C)c(C)s2)c1. The van der Waals surface area contributed by atoms with E-state index in [1.54, 1.807) is 6.07 Å². The zero-order chi connectivity index (χ0) is 14.9. The molecule has 0 amide bonds. The largest absolute Gasteiger partial charge is 0.497 e. The number of anilines is 1. The normalized spacial score (nSPS) is 11.6. The maximum absolute atomic E-state index is 12.4. The molecule has 0 atom stereocenters. The Morgan fingerprint density at radius 2 is 2.05 bits per heavy atom. The van der Waals surface area contributed by atoms with Gasteiger partial charge in [0.25, 0.3) is 0 Å². The molecule has 5 nitrogen and oxygen atoms in total. The van der Waals surface area contributed by atoms with Crippen LogP contribution in [-0.2, 0) is 15.6 Å². The molecule has 108 valence electrons. The van der Waals surface area contributed by atoms with Gasteiger partial charge in [0.1, 0.15) is 16.5 Å². The van der Waals surface area contributed by atoms with E-state index in [0.29, 0.717) is 10.8 Å². The van der Waals surface area contributed by atoms with Gasteiger partial charge in [-0.3, -0.25) is 0 Å². The Labute approximate surface area is 122 Å². The van der Waals surface area contributed by atoms with Crippen molar-refractivity contribution >= 4 is 26.9 Å². The first-order valence-electron chi connectivity index (χ1n) is 5.92. The number of ether oxygens (including phenoxy) is 1. The van der Waals surface area contributed by atoms with E-state index in [1.807, 2.05) is 13.8 Å². The van der Waals surface area contributed by atoms with Crippen LogP contribution >= 0.6 is 11.3 Å². The average molecular weight is 312 g/mol. The second kappa shape index (κ2) is 5.41. The van der Waals surface area contributed by atoms with Gasteiger partial charge in [0.2, 0.25) is 0 Å². The number of sulfone groups is 1. The average Bonchev–Trinajstić information content (AvgIpc) is 2.67. The third-order valence-electron chi connectivity index (χ3n) is 2.94. The molecule has 0 spiro atoms. The molecule has 0 fully saturated rings. The number of rotatable bonds is 4. The quantitative estimate of drug-likeness (QED) is 0.876. The maximum Gasteiger partial charge on any atom is 0.187 e. The fraction of sp³-hybridized carbons (Fsp3) is 0.308. The molecule has 0 saturated carbocycles. The van der Waals surface area contributed by atoms with Crippen molar-refractivity contribution in [2.45, 2.75) is 24.5 Å². The van der Waals surface area contributed by atoms with Gasteiger partial charge in [-0.2, -0.15) is 0 Å². The minimum absolute atomic E-state index is 0.0855. The molecular weight excluding hydrogens is 296 g/mol. The highest BCUT2D eigenvalue weighted by atomic mass is 32.2. The van der Waals surface area contributed by atoms with E-state index >= 15 is 0 Å². The molecule has 0 saturated heterocycles. The van der Waals surface area contributed by atoms with Crippen LogP contribution in [0, 0.1) is 13.8 Å². The third-order valence-corrected chi connectivity index (χ3v) is 5.87. The Morgan fingerprint density at radius 3 is 2.60 bits per heavy atom. The van der Waals surface area contributed by atoms with Gasteiger partial charge in [0.15, 0.2) is 9.84 Å². The van der Waals surface area contributed by atoms with Crippen molar-refractivity contribution in [3.8, 4) is 5.75 Å². The van der Waals surface area contributed by atoms with Gasteiger partial charge in [0.05, 0.1) is 23.4 Å². The summed E-state index contributed by atoms with van der Waals surface area (Å²) in [4.78, 5) is 5.37. The lowest BCUT2D eigenvalue weighted by Gasteiger charge is -2.08. The van der Waals surface area contributed by atoms with E-state index in [2.05, 4.69) is 4.98 Å². The van der Waals surface area contributed by atoms with Gasteiger partial charge < -0.3 is 10.5 Å². The third kappa shape index (κ3) is 2.94. The van der Waals surface area contributed by atoms with Crippen molar-refractivity contribution in [3.63, 3.8) is 0 Å². The van der Waals surface area contributed by atoms with Gasteiger partial charge in [-0.1, -0.05) is 0 Å². The van der Waals surface area contributed by atoms with Crippen molar-refractivity contribution in [1.82, 2.24) is 4.98 Å². The number of aryl methyl sites for hydroxylation is 2. The van der Waals surface area contributed by atoms with E-state index in [1.165, 1.54) is 30.6 Å². The molecule has 0 radical (unpaired) electrons. The summed E-state index contributed by atoms with van der Waals surface area (Å²) in [5.74, 6) is 0.313. The molecule has 20 heavy (non-hydrogen) atoms. The summed E-state index contributed by atoms with van der Waals surface area (Å²) in [7, 11) is -2.06. The maximum atomic E-state index is 12.4. The van der Waals surface area contributed by atoms with Crippen LogP contribution in [0.5, 0.6) is 5.75 Å². The number of hydrogen-bond acceptors (Lipinski definition) is 6. The Kier molecular flexibility index (Phi) is 4.01. The van der Waals surface area contributed by atoms with Gasteiger partial charge in [0, 0.05) is 10.9 Å². The first-order valence-corrected chi connectivity index (χ1v) is 8.39. The van der Waals surface area contributed by atoms with Gasteiger partial charge in [-0.25, -0.2) is 13.4 Å². The summed E-state index contributed by atoms with van der Waals surface area (Å²) in [6.07, 6.45) is 0. The fourth-order valence-electron chi connectivity index (χ4n) is 1.75. The van der Waals surface area contributed by atoms with Crippen LogP contribution in [0.25, 0.3) is 0 Å². The summed E-state index contributed by atoms with van der Waals surface area (Å²) < 4.78 is 29.9. The zero-order valence-corrected chi connectivity index (χ0v) is 13.1. The smallest absolute Gasteiger partial charge is 0.187 e. The predicted molar refractivity (Wildman–Crippen MR) is 79.9 cm³/mol. The summed E-state index contributed by atoms with van der Waals surface area (Å²) >= 11 is 1.39. The molecular formula is C13H16N2O3S2. The Bertz CT molecular complexity index is 717. The van der Waals surface area contributed by atoms with Crippen LogP contribution in [-0.4, -0.2) is 20.5 Å². The zero-order valence-electron chi connectivity index (χ0n) is 11.5. The Hall–Kier alpha value is -1.60. The van der Waals surface area contributed by atoms with Crippen LogP contribution in [0.1, 0.15) is 15.6 Å². The van der Waals surface area contributed by atoms with E-state index in [0.717, 1.165) is 10.6 Å². The highest BCUT2D eigenvalue weighted by Gasteiger charge is 2.21. The minimum atomic E-state index is -3.54. The number of hydrogen-bond donors (Lipinski definition) is 1. The van der Waals surface area contributed by atoms with Gasteiger partial charge >= 0.3 is 0 Å². The molecule has 1 aromatic heterocycles. The summed E-state index contributed by atoms with van der Waals surface area (Å²) in [5.41, 5.74) is 6.85. The fourth-order valence-corrected chi connectivity index (χ4v) is 4.45. The van der Waals surface area contributed by atoms with E-state index < -0.39 is 9.84 Å². The lowest BCUT2D eigenvalue weighted by molar-refractivity contribution is 0.413. The van der Waals surface area contributed by atoms with Crippen molar-refractivity contribution in [1.29, 1.82) is 0 Å². The molecule has 0 aliphatic rings. The number of nitrogens with zero attached hydrogens (tertiary/aromatic N) is 1. The standard InChI is InChI=1S/C13H16N2O3S2/c1-8-9(2)19-13(15-8)7-20(16,17)12-6-10(18-3)4-5-11(12)14/h4-6H,7,14H2,1-3H3. The van der Waals surface area contributed by atoms with Crippen LogP contribution in [0.2, 0.25) is 0 Å². The lowest BCUT2D eigenvalue weighted by Crippen LogP contribution is -2.08. The topological polar surface area (TPSA) is 82.3 Å². The monoisotopic (exact) mass is 312 g/mol. The molecule has 0 aliphatic carbocycles. The Balaban J connectivity index is 2.40. The van der Waals surface area contributed by atoms with Crippen LogP contribution in [0.4, 0.5) is 5.69 Å². The van der Waals surface area contributed by atoms with Crippen molar-refractivity contribution in [2.75, 3.05) is 12.8 Å². The number of aromatic nitrogens is 1. The van der Waals surface area contributed by atoms with E-state index in [9.17, 15) is 8.42 Å². The molecule has 2 rings (SSSR count). The van der Waals surface area contributed by atoms with Crippen molar-refractivity contribution in [2.24, 2.45) is 0 Å².